The van der Waals surface area contributed by atoms with Gasteiger partial charge in [0.05, 0.1) is 12.0 Å². The molecule has 0 radical (unpaired) electrons. The van der Waals surface area contributed by atoms with Crippen LogP contribution >= 0.6 is 11.6 Å². The normalized spacial score (nSPS) is 50.5. The molecule has 0 aromatic carbocycles. The first-order chi connectivity index (χ1) is 12.2. The maximum absolute atomic E-state index is 12.5. The molecule has 0 amide bonds. The van der Waals surface area contributed by atoms with Crippen LogP contribution in [0.4, 0.5) is 0 Å². The van der Waals surface area contributed by atoms with E-state index in [9.17, 15) is 19.8 Å². The van der Waals surface area contributed by atoms with Gasteiger partial charge < -0.3 is 10.2 Å². The highest BCUT2D eigenvalue weighted by molar-refractivity contribution is 6.29. The summed E-state index contributed by atoms with van der Waals surface area (Å²) in [6, 6.07) is 0. The number of carbonyl (C=O) groups excluding carboxylic acids is 2. The molecular weight excluding hydrogens is 352 g/mol. The van der Waals surface area contributed by atoms with Gasteiger partial charge in [-0.2, -0.15) is 0 Å². The van der Waals surface area contributed by atoms with E-state index in [1.807, 2.05) is 13.0 Å². The monoisotopic (exact) mass is 380 g/mol. The van der Waals surface area contributed by atoms with E-state index in [1.54, 1.807) is 0 Å². The van der Waals surface area contributed by atoms with Crippen molar-refractivity contribution in [1.82, 2.24) is 0 Å². The standard InChI is InChI=1S/C21H29ClO4/c1-19-7-5-13(23)9-12(19)3-4-14-15-6-8-21(26,17(25)11-22)20(15,2)10-16(24)18(14)19/h9,14-16,18,24,26H,3-8,10-11H2,1-2H3/t14-,15-,16?,18+,19-,20-,21-/m0/s1. The molecule has 7 atom stereocenters. The van der Waals surface area contributed by atoms with Gasteiger partial charge in [0, 0.05) is 11.8 Å². The van der Waals surface area contributed by atoms with Gasteiger partial charge in [-0.05, 0) is 67.8 Å². The molecule has 0 heterocycles. The summed E-state index contributed by atoms with van der Waals surface area (Å²) in [7, 11) is 0. The number of aliphatic hydroxyl groups is 2. The van der Waals surface area contributed by atoms with Crippen LogP contribution in [0.3, 0.4) is 0 Å². The highest BCUT2D eigenvalue weighted by Gasteiger charge is 2.68. The van der Waals surface area contributed by atoms with Crippen LogP contribution in [-0.2, 0) is 9.59 Å². The second kappa shape index (κ2) is 5.89. The molecule has 0 saturated heterocycles. The van der Waals surface area contributed by atoms with Gasteiger partial charge in [-0.15, -0.1) is 11.6 Å². The molecule has 0 aromatic heterocycles. The third-order valence-electron chi connectivity index (χ3n) is 8.63. The van der Waals surface area contributed by atoms with Crippen molar-refractivity contribution in [2.75, 3.05) is 5.88 Å². The molecule has 4 aliphatic carbocycles. The molecule has 3 saturated carbocycles. The van der Waals surface area contributed by atoms with E-state index in [2.05, 4.69) is 6.92 Å². The Hall–Kier alpha value is -0.710. The van der Waals surface area contributed by atoms with Crippen molar-refractivity contribution in [3.63, 3.8) is 0 Å². The maximum atomic E-state index is 12.5. The van der Waals surface area contributed by atoms with Crippen LogP contribution in [0.15, 0.2) is 11.6 Å². The number of ketones is 2. The minimum Gasteiger partial charge on any atom is -0.393 e. The summed E-state index contributed by atoms with van der Waals surface area (Å²) < 4.78 is 0. The quantitative estimate of drug-likeness (QED) is 0.722. The number of aliphatic hydroxyl groups excluding tert-OH is 1. The number of carbonyl (C=O) groups is 2. The molecule has 0 spiro atoms. The summed E-state index contributed by atoms with van der Waals surface area (Å²) in [5.41, 5.74) is -0.996. The van der Waals surface area contributed by atoms with Crippen molar-refractivity contribution in [2.45, 2.75) is 70.5 Å². The molecule has 3 fully saturated rings. The second-order valence-electron chi connectivity index (χ2n) is 9.53. The molecule has 4 rings (SSSR count). The lowest BCUT2D eigenvalue weighted by molar-refractivity contribution is -0.178. The molecule has 4 aliphatic rings. The van der Waals surface area contributed by atoms with Gasteiger partial charge >= 0.3 is 0 Å². The Bertz CT molecular complexity index is 687. The largest absolute Gasteiger partial charge is 0.393 e. The summed E-state index contributed by atoms with van der Waals surface area (Å²) in [5, 5.41) is 22.5. The average Bonchev–Trinajstić information content (AvgIpc) is 2.86. The zero-order valence-electron chi connectivity index (χ0n) is 15.6. The third kappa shape index (κ3) is 2.21. The maximum Gasteiger partial charge on any atom is 0.179 e. The van der Waals surface area contributed by atoms with Crippen molar-refractivity contribution >= 4 is 23.2 Å². The summed E-state index contributed by atoms with van der Waals surface area (Å²) in [5.74, 6) is 0.299. The van der Waals surface area contributed by atoms with Crippen LogP contribution in [0.1, 0.15) is 58.8 Å². The van der Waals surface area contributed by atoms with Gasteiger partial charge in [-0.25, -0.2) is 0 Å². The SMILES string of the molecule is C[C@]12CCC(=O)C=C1CC[C@@H]1[C@@H]2C(O)C[C@@]2(C)[C@H]1CC[C@]2(O)C(=O)CCl. The van der Waals surface area contributed by atoms with Crippen molar-refractivity contribution in [3.8, 4) is 0 Å². The van der Waals surface area contributed by atoms with Crippen LogP contribution in [0.25, 0.3) is 0 Å². The van der Waals surface area contributed by atoms with Crippen molar-refractivity contribution in [3.05, 3.63) is 11.6 Å². The number of fused-ring (bicyclic) bond motifs is 5. The van der Waals surface area contributed by atoms with Crippen LogP contribution in [0.2, 0.25) is 0 Å². The van der Waals surface area contributed by atoms with E-state index in [-0.39, 0.29) is 40.6 Å². The molecule has 5 heteroatoms. The summed E-state index contributed by atoms with van der Waals surface area (Å²) in [6.07, 6.45) is 6.06. The molecule has 0 aromatic rings. The van der Waals surface area contributed by atoms with E-state index < -0.39 is 17.1 Å². The lowest BCUT2D eigenvalue weighted by atomic mass is 9.45. The van der Waals surface area contributed by atoms with Gasteiger partial charge in [0.25, 0.3) is 0 Å². The highest BCUT2D eigenvalue weighted by atomic mass is 35.5. The van der Waals surface area contributed by atoms with E-state index in [0.717, 1.165) is 25.7 Å². The van der Waals surface area contributed by atoms with Gasteiger partial charge in [0.15, 0.2) is 11.6 Å². The molecule has 26 heavy (non-hydrogen) atoms. The zero-order chi connectivity index (χ0) is 18.9. The number of rotatable bonds is 2. The smallest absolute Gasteiger partial charge is 0.179 e. The molecule has 2 N–H and O–H groups in total. The number of hydrogen-bond donors (Lipinski definition) is 2. The first-order valence-corrected chi connectivity index (χ1v) is 10.4. The number of halogens is 1. The van der Waals surface area contributed by atoms with Gasteiger partial charge in [0.1, 0.15) is 5.60 Å². The Kier molecular flexibility index (Phi) is 4.22. The van der Waals surface area contributed by atoms with E-state index in [4.69, 9.17) is 11.6 Å². The Morgan fingerprint density at radius 3 is 2.69 bits per heavy atom. The molecule has 144 valence electrons. The predicted molar refractivity (Wildman–Crippen MR) is 98.8 cm³/mol. The fourth-order valence-electron chi connectivity index (χ4n) is 7.26. The topological polar surface area (TPSA) is 74.6 Å². The van der Waals surface area contributed by atoms with Crippen molar-refractivity contribution in [2.24, 2.45) is 28.6 Å². The summed E-state index contributed by atoms with van der Waals surface area (Å²) >= 11 is 5.80. The fraction of sp³-hybridized carbons (Fsp3) is 0.810. The summed E-state index contributed by atoms with van der Waals surface area (Å²) in [6.45, 7) is 4.19. The van der Waals surface area contributed by atoms with Crippen LogP contribution < -0.4 is 0 Å². The Labute approximate surface area is 160 Å². The first-order valence-electron chi connectivity index (χ1n) is 9.91. The number of allylic oxidation sites excluding steroid dienone is 1. The number of alkyl halides is 1. The molecule has 0 bridgehead atoms. The Morgan fingerprint density at radius 2 is 2.00 bits per heavy atom. The fourth-order valence-corrected chi connectivity index (χ4v) is 7.48. The molecule has 0 aliphatic heterocycles. The van der Waals surface area contributed by atoms with Crippen molar-refractivity contribution < 1.29 is 19.8 Å². The van der Waals surface area contributed by atoms with E-state index in [1.165, 1.54) is 5.57 Å². The van der Waals surface area contributed by atoms with Crippen LogP contribution in [-0.4, -0.2) is 39.4 Å². The molecule has 4 nitrogen and oxygen atoms in total. The second-order valence-corrected chi connectivity index (χ2v) is 9.80. The minimum atomic E-state index is -1.43. The van der Waals surface area contributed by atoms with Crippen molar-refractivity contribution in [1.29, 1.82) is 0 Å². The van der Waals surface area contributed by atoms with E-state index in [0.29, 0.717) is 19.3 Å². The Balaban J connectivity index is 1.74. The molecular formula is C21H29ClO4. The predicted octanol–water partition coefficient (Wildman–Crippen LogP) is 3.03. The third-order valence-corrected chi connectivity index (χ3v) is 8.87. The van der Waals surface area contributed by atoms with Gasteiger partial charge in [0.2, 0.25) is 0 Å². The minimum absolute atomic E-state index is 0.0992. The Morgan fingerprint density at radius 1 is 1.27 bits per heavy atom. The lowest BCUT2D eigenvalue weighted by Gasteiger charge is -2.60. The first kappa shape index (κ1) is 18.6. The number of Topliss-reactive ketones (excluding diaryl/α,β-unsaturated/α-hetero) is 1. The number of hydrogen-bond acceptors (Lipinski definition) is 4. The van der Waals surface area contributed by atoms with Crippen LogP contribution in [0, 0.1) is 28.6 Å². The lowest BCUT2D eigenvalue weighted by Crippen LogP contribution is -2.61. The average molecular weight is 381 g/mol. The highest BCUT2D eigenvalue weighted by Crippen LogP contribution is 2.67. The van der Waals surface area contributed by atoms with Gasteiger partial charge in [-0.3, -0.25) is 9.59 Å². The summed E-state index contributed by atoms with van der Waals surface area (Å²) in [4.78, 5) is 24.4. The van der Waals surface area contributed by atoms with Crippen LogP contribution in [0.5, 0.6) is 0 Å². The zero-order valence-corrected chi connectivity index (χ0v) is 16.4. The van der Waals surface area contributed by atoms with Gasteiger partial charge in [-0.1, -0.05) is 19.4 Å². The molecule has 1 unspecified atom stereocenters. The van der Waals surface area contributed by atoms with E-state index >= 15 is 0 Å².